The Bertz CT molecular complexity index is 1310. The first kappa shape index (κ1) is 23.4. The first-order chi connectivity index (χ1) is 16.4. The molecule has 0 bridgehead atoms. The normalized spacial score (nSPS) is 10.8. The number of nitrogens with zero attached hydrogens (tertiary/aromatic N) is 2. The predicted molar refractivity (Wildman–Crippen MR) is 127 cm³/mol. The molecule has 0 aliphatic heterocycles. The maximum Gasteiger partial charge on any atom is 0.229 e. The molecule has 0 spiro atoms. The number of hydrogen-bond donors (Lipinski definition) is 1. The van der Waals surface area contributed by atoms with Crippen LogP contribution in [-0.4, -0.2) is 15.7 Å². The molecule has 3 aromatic carbocycles. The molecule has 1 aromatic heterocycles. The van der Waals surface area contributed by atoms with Crippen molar-refractivity contribution in [3.63, 3.8) is 0 Å². The second-order valence-corrected chi connectivity index (χ2v) is 8.26. The molecule has 0 atom stereocenters. The van der Waals surface area contributed by atoms with Crippen LogP contribution in [-0.2, 0) is 24.4 Å². The van der Waals surface area contributed by atoms with Crippen molar-refractivity contribution in [2.45, 2.75) is 26.5 Å². The minimum atomic E-state index is -0.925. The summed E-state index contributed by atoms with van der Waals surface area (Å²) < 4.78 is 34.3. The van der Waals surface area contributed by atoms with E-state index in [0.29, 0.717) is 28.7 Å². The van der Waals surface area contributed by atoms with E-state index < -0.39 is 11.6 Å². The average Bonchev–Trinajstić information content (AvgIpc) is 3.14. The van der Waals surface area contributed by atoms with Crippen molar-refractivity contribution in [2.75, 3.05) is 5.32 Å². The highest BCUT2D eigenvalue weighted by Gasteiger charge is 2.13. The zero-order valence-electron chi connectivity index (χ0n) is 18.4. The van der Waals surface area contributed by atoms with E-state index in [4.69, 9.17) is 16.3 Å². The van der Waals surface area contributed by atoms with Gasteiger partial charge in [0.1, 0.15) is 12.4 Å². The van der Waals surface area contributed by atoms with Gasteiger partial charge in [-0.15, -0.1) is 0 Å². The lowest BCUT2D eigenvalue weighted by molar-refractivity contribution is -0.115. The summed E-state index contributed by atoms with van der Waals surface area (Å²) >= 11 is 6.20. The van der Waals surface area contributed by atoms with Crippen LogP contribution in [0.25, 0.3) is 0 Å². The minimum Gasteiger partial charge on any atom is -0.489 e. The quantitative estimate of drug-likeness (QED) is 0.339. The maximum atomic E-state index is 13.5. The number of ether oxygens (including phenoxy) is 1. The smallest absolute Gasteiger partial charge is 0.229 e. The predicted octanol–water partition coefficient (Wildman–Crippen LogP) is 5.93. The number of carbonyl (C=O) groups is 1. The van der Waals surface area contributed by atoms with Gasteiger partial charge >= 0.3 is 0 Å². The molecule has 4 rings (SSSR count). The summed E-state index contributed by atoms with van der Waals surface area (Å²) in [6.45, 7) is 2.28. The number of aromatic nitrogens is 2. The van der Waals surface area contributed by atoms with E-state index in [1.165, 1.54) is 6.07 Å². The van der Waals surface area contributed by atoms with Gasteiger partial charge in [-0.3, -0.25) is 9.48 Å². The molecule has 0 fully saturated rings. The van der Waals surface area contributed by atoms with Crippen molar-refractivity contribution < 1.29 is 18.3 Å². The standard InChI is InChI=1S/C26H22ClF2N3O2/c1-17-11-25(30-26(33)13-18-5-3-2-4-6-18)31-32(17)15-20-14-21(27)8-10-24(20)34-16-19-7-9-22(28)23(29)12-19/h2-12,14H,13,15-16H2,1H3,(H,30,31,33). The van der Waals surface area contributed by atoms with Gasteiger partial charge in [0.2, 0.25) is 5.91 Å². The van der Waals surface area contributed by atoms with Gasteiger partial charge in [-0.25, -0.2) is 8.78 Å². The lowest BCUT2D eigenvalue weighted by atomic mass is 10.1. The second kappa shape index (κ2) is 10.5. The van der Waals surface area contributed by atoms with E-state index in [0.717, 1.165) is 29.0 Å². The number of aryl methyl sites for hydroxylation is 1. The van der Waals surface area contributed by atoms with Crippen LogP contribution in [0.15, 0.2) is 72.8 Å². The van der Waals surface area contributed by atoms with Crippen molar-refractivity contribution in [1.82, 2.24) is 9.78 Å². The summed E-state index contributed by atoms with van der Waals surface area (Å²) in [7, 11) is 0. The van der Waals surface area contributed by atoms with Gasteiger partial charge in [-0.1, -0.05) is 48.0 Å². The largest absolute Gasteiger partial charge is 0.489 e. The molecule has 0 saturated heterocycles. The summed E-state index contributed by atoms with van der Waals surface area (Å²) in [5.74, 6) is -0.999. The van der Waals surface area contributed by atoms with Crippen molar-refractivity contribution >= 4 is 23.3 Å². The molecule has 174 valence electrons. The number of anilines is 1. The van der Waals surface area contributed by atoms with Gasteiger partial charge < -0.3 is 10.1 Å². The molecular formula is C26H22ClF2N3O2. The number of nitrogens with one attached hydrogen (secondary N) is 1. The van der Waals surface area contributed by atoms with Crippen LogP contribution in [0.5, 0.6) is 5.75 Å². The van der Waals surface area contributed by atoms with E-state index in [1.54, 1.807) is 28.9 Å². The van der Waals surface area contributed by atoms with Gasteiger partial charge in [0.15, 0.2) is 17.5 Å². The fourth-order valence-electron chi connectivity index (χ4n) is 3.46. The first-order valence-corrected chi connectivity index (χ1v) is 11.0. The highest BCUT2D eigenvalue weighted by atomic mass is 35.5. The van der Waals surface area contributed by atoms with E-state index in [2.05, 4.69) is 10.4 Å². The molecule has 4 aromatic rings. The molecule has 0 aliphatic carbocycles. The molecule has 0 radical (unpaired) electrons. The molecule has 5 nitrogen and oxygen atoms in total. The SMILES string of the molecule is Cc1cc(NC(=O)Cc2ccccc2)nn1Cc1cc(Cl)ccc1OCc1ccc(F)c(F)c1. The third-order valence-corrected chi connectivity index (χ3v) is 5.41. The molecule has 34 heavy (non-hydrogen) atoms. The summed E-state index contributed by atoms with van der Waals surface area (Å²) in [5.41, 5.74) is 3.00. The molecule has 1 amide bonds. The second-order valence-electron chi connectivity index (χ2n) is 7.83. The molecule has 1 heterocycles. The fourth-order valence-corrected chi connectivity index (χ4v) is 3.66. The van der Waals surface area contributed by atoms with Crippen molar-refractivity contribution in [1.29, 1.82) is 0 Å². The van der Waals surface area contributed by atoms with Crippen LogP contribution >= 0.6 is 11.6 Å². The average molecular weight is 482 g/mol. The monoisotopic (exact) mass is 481 g/mol. The van der Waals surface area contributed by atoms with Gasteiger partial charge in [-0.05, 0) is 48.4 Å². The van der Waals surface area contributed by atoms with E-state index >= 15 is 0 Å². The van der Waals surface area contributed by atoms with Crippen molar-refractivity contribution in [3.8, 4) is 5.75 Å². The number of benzene rings is 3. The van der Waals surface area contributed by atoms with Gasteiger partial charge in [0, 0.05) is 22.3 Å². The molecule has 8 heteroatoms. The Morgan fingerprint density at radius 3 is 2.56 bits per heavy atom. The van der Waals surface area contributed by atoms with E-state index in [9.17, 15) is 13.6 Å². The fraction of sp³-hybridized carbons (Fsp3) is 0.154. The van der Waals surface area contributed by atoms with Gasteiger partial charge in [-0.2, -0.15) is 5.10 Å². The number of hydrogen-bond acceptors (Lipinski definition) is 3. The van der Waals surface area contributed by atoms with Crippen LogP contribution in [0.1, 0.15) is 22.4 Å². The number of rotatable bonds is 8. The van der Waals surface area contributed by atoms with Crippen LogP contribution in [0.2, 0.25) is 5.02 Å². The summed E-state index contributed by atoms with van der Waals surface area (Å²) in [4.78, 5) is 12.4. The van der Waals surface area contributed by atoms with Crippen LogP contribution in [0, 0.1) is 18.6 Å². The number of carbonyl (C=O) groups excluding carboxylic acids is 1. The Morgan fingerprint density at radius 1 is 1.00 bits per heavy atom. The molecule has 1 N–H and O–H groups in total. The molecular weight excluding hydrogens is 460 g/mol. The van der Waals surface area contributed by atoms with Crippen LogP contribution in [0.3, 0.4) is 0 Å². The van der Waals surface area contributed by atoms with Gasteiger partial charge in [0.25, 0.3) is 0 Å². The van der Waals surface area contributed by atoms with Crippen molar-refractivity contribution in [3.05, 3.63) is 112 Å². The third-order valence-electron chi connectivity index (χ3n) is 5.18. The van der Waals surface area contributed by atoms with E-state index in [1.807, 2.05) is 37.3 Å². The zero-order valence-corrected chi connectivity index (χ0v) is 19.2. The number of halogens is 3. The number of amides is 1. The lowest BCUT2D eigenvalue weighted by Crippen LogP contribution is -2.15. The Hall–Kier alpha value is -3.71. The molecule has 0 unspecified atom stereocenters. The Balaban J connectivity index is 1.45. The Morgan fingerprint density at radius 2 is 1.79 bits per heavy atom. The maximum absolute atomic E-state index is 13.5. The zero-order chi connectivity index (χ0) is 24.1. The topological polar surface area (TPSA) is 56.2 Å². The van der Waals surface area contributed by atoms with E-state index in [-0.39, 0.29) is 18.9 Å². The highest BCUT2D eigenvalue weighted by Crippen LogP contribution is 2.26. The molecule has 0 saturated carbocycles. The lowest BCUT2D eigenvalue weighted by Gasteiger charge is -2.13. The third kappa shape index (κ3) is 5.99. The Kier molecular flexibility index (Phi) is 7.23. The summed E-state index contributed by atoms with van der Waals surface area (Å²) in [5, 5.41) is 7.84. The first-order valence-electron chi connectivity index (χ1n) is 10.6. The minimum absolute atomic E-state index is 0.0602. The van der Waals surface area contributed by atoms with Crippen molar-refractivity contribution in [2.24, 2.45) is 0 Å². The summed E-state index contributed by atoms with van der Waals surface area (Å²) in [6.07, 6.45) is 0.253. The summed E-state index contributed by atoms with van der Waals surface area (Å²) in [6, 6.07) is 20.1. The van der Waals surface area contributed by atoms with Gasteiger partial charge in [0.05, 0.1) is 13.0 Å². The Labute approximate surface area is 200 Å². The highest BCUT2D eigenvalue weighted by molar-refractivity contribution is 6.30. The van der Waals surface area contributed by atoms with Crippen LogP contribution in [0.4, 0.5) is 14.6 Å². The molecule has 0 aliphatic rings. The van der Waals surface area contributed by atoms with Crippen LogP contribution < -0.4 is 10.1 Å².